The molecule has 0 aliphatic heterocycles. The Hall–Kier alpha value is -1.31. The summed E-state index contributed by atoms with van der Waals surface area (Å²) < 4.78 is 5.48. The van der Waals surface area contributed by atoms with Crippen LogP contribution in [0, 0.1) is 5.92 Å². The van der Waals surface area contributed by atoms with Gasteiger partial charge in [0.1, 0.15) is 5.75 Å². The fourth-order valence-electron chi connectivity index (χ4n) is 2.25. The van der Waals surface area contributed by atoms with E-state index in [0.29, 0.717) is 0 Å². The zero-order valence-electron chi connectivity index (χ0n) is 9.74. The molecule has 1 aliphatic rings. The maximum atomic E-state index is 11.9. The summed E-state index contributed by atoms with van der Waals surface area (Å²) >= 11 is 0. The van der Waals surface area contributed by atoms with Gasteiger partial charge in [-0.05, 0) is 30.9 Å². The second-order valence-electron chi connectivity index (χ2n) is 4.36. The standard InChI is InChI=1S/C14H18O2/c1-2-11-7-5-6-10-13(11)16-14(15)12-8-3-4-9-12/h5-7,10,12H,2-4,8-9H2,1H3. The van der Waals surface area contributed by atoms with Crippen LogP contribution in [0.25, 0.3) is 0 Å². The monoisotopic (exact) mass is 218 g/mol. The summed E-state index contributed by atoms with van der Waals surface area (Å²) in [4.78, 5) is 11.9. The predicted molar refractivity (Wildman–Crippen MR) is 63.4 cm³/mol. The Labute approximate surface area is 96.6 Å². The molecular formula is C14H18O2. The van der Waals surface area contributed by atoms with Gasteiger partial charge in [-0.15, -0.1) is 0 Å². The van der Waals surface area contributed by atoms with E-state index in [4.69, 9.17) is 4.74 Å². The lowest BCUT2D eigenvalue weighted by molar-refractivity contribution is -0.138. The summed E-state index contributed by atoms with van der Waals surface area (Å²) in [6, 6.07) is 7.78. The average molecular weight is 218 g/mol. The van der Waals surface area contributed by atoms with Gasteiger partial charge in [-0.1, -0.05) is 38.0 Å². The van der Waals surface area contributed by atoms with E-state index in [0.717, 1.165) is 43.4 Å². The molecule has 2 nitrogen and oxygen atoms in total. The zero-order valence-corrected chi connectivity index (χ0v) is 9.74. The molecule has 1 aromatic carbocycles. The molecule has 0 saturated heterocycles. The van der Waals surface area contributed by atoms with Crippen LogP contribution in [-0.4, -0.2) is 5.97 Å². The number of rotatable bonds is 3. The van der Waals surface area contributed by atoms with Gasteiger partial charge in [-0.2, -0.15) is 0 Å². The number of ether oxygens (including phenoxy) is 1. The summed E-state index contributed by atoms with van der Waals surface area (Å²) in [5.74, 6) is 0.824. The van der Waals surface area contributed by atoms with Crippen LogP contribution < -0.4 is 4.74 Å². The quantitative estimate of drug-likeness (QED) is 0.574. The molecule has 0 atom stereocenters. The number of para-hydroxylation sites is 1. The number of hydrogen-bond acceptors (Lipinski definition) is 2. The molecular weight excluding hydrogens is 200 g/mol. The molecule has 0 aromatic heterocycles. The molecule has 1 aliphatic carbocycles. The fourth-order valence-corrected chi connectivity index (χ4v) is 2.25. The molecule has 0 bridgehead atoms. The van der Waals surface area contributed by atoms with E-state index in [9.17, 15) is 4.79 Å². The Kier molecular flexibility index (Phi) is 3.60. The Morgan fingerprint density at radius 3 is 2.69 bits per heavy atom. The minimum atomic E-state index is -0.0431. The van der Waals surface area contributed by atoms with Gasteiger partial charge in [0, 0.05) is 0 Å². The summed E-state index contributed by atoms with van der Waals surface area (Å²) in [6.07, 6.45) is 5.21. The number of benzene rings is 1. The van der Waals surface area contributed by atoms with Crippen LogP contribution >= 0.6 is 0 Å². The van der Waals surface area contributed by atoms with E-state index in [2.05, 4.69) is 6.92 Å². The highest BCUT2D eigenvalue weighted by Crippen LogP contribution is 2.27. The highest BCUT2D eigenvalue weighted by molar-refractivity contribution is 5.75. The first-order valence-electron chi connectivity index (χ1n) is 6.11. The highest BCUT2D eigenvalue weighted by Gasteiger charge is 2.24. The third-order valence-corrected chi connectivity index (χ3v) is 3.25. The van der Waals surface area contributed by atoms with Crippen molar-refractivity contribution in [2.75, 3.05) is 0 Å². The predicted octanol–water partition coefficient (Wildman–Crippen LogP) is 3.34. The lowest BCUT2D eigenvalue weighted by atomic mass is 10.1. The van der Waals surface area contributed by atoms with Crippen LogP contribution in [0.4, 0.5) is 0 Å². The smallest absolute Gasteiger partial charge is 0.314 e. The van der Waals surface area contributed by atoms with Gasteiger partial charge in [0.2, 0.25) is 0 Å². The van der Waals surface area contributed by atoms with Gasteiger partial charge in [0.05, 0.1) is 5.92 Å². The third kappa shape index (κ3) is 2.43. The SMILES string of the molecule is CCc1ccccc1OC(=O)C1CCCC1. The van der Waals surface area contributed by atoms with E-state index in [1.54, 1.807) is 0 Å². The summed E-state index contributed by atoms with van der Waals surface area (Å²) in [6.45, 7) is 2.07. The Morgan fingerprint density at radius 1 is 1.31 bits per heavy atom. The second kappa shape index (κ2) is 5.15. The topological polar surface area (TPSA) is 26.3 Å². The third-order valence-electron chi connectivity index (χ3n) is 3.25. The van der Waals surface area contributed by atoms with Crippen molar-refractivity contribution in [1.82, 2.24) is 0 Å². The van der Waals surface area contributed by atoms with Gasteiger partial charge in [0.25, 0.3) is 0 Å². The van der Waals surface area contributed by atoms with E-state index in [-0.39, 0.29) is 11.9 Å². The molecule has 0 radical (unpaired) electrons. The van der Waals surface area contributed by atoms with Crippen LogP contribution in [0.5, 0.6) is 5.75 Å². The van der Waals surface area contributed by atoms with Crippen molar-refractivity contribution in [2.45, 2.75) is 39.0 Å². The molecule has 86 valence electrons. The van der Waals surface area contributed by atoms with Crippen molar-refractivity contribution in [3.8, 4) is 5.75 Å². The minimum Gasteiger partial charge on any atom is -0.426 e. The molecule has 1 saturated carbocycles. The molecule has 0 amide bonds. The first-order chi connectivity index (χ1) is 7.81. The maximum absolute atomic E-state index is 11.9. The second-order valence-corrected chi connectivity index (χ2v) is 4.36. The fraction of sp³-hybridized carbons (Fsp3) is 0.500. The Balaban J connectivity index is 2.05. The first-order valence-corrected chi connectivity index (χ1v) is 6.11. The maximum Gasteiger partial charge on any atom is 0.314 e. The molecule has 1 aromatic rings. The molecule has 0 N–H and O–H groups in total. The number of carbonyl (C=O) groups is 1. The highest BCUT2D eigenvalue weighted by atomic mass is 16.5. The summed E-state index contributed by atoms with van der Waals surface area (Å²) in [7, 11) is 0. The number of esters is 1. The zero-order chi connectivity index (χ0) is 11.4. The summed E-state index contributed by atoms with van der Waals surface area (Å²) in [5.41, 5.74) is 1.11. The van der Waals surface area contributed by atoms with Crippen molar-refractivity contribution in [3.63, 3.8) is 0 Å². The van der Waals surface area contributed by atoms with Crippen molar-refractivity contribution < 1.29 is 9.53 Å². The molecule has 0 heterocycles. The van der Waals surface area contributed by atoms with Gasteiger partial charge < -0.3 is 4.74 Å². The molecule has 0 spiro atoms. The van der Waals surface area contributed by atoms with Crippen LogP contribution in [0.15, 0.2) is 24.3 Å². The van der Waals surface area contributed by atoms with Crippen LogP contribution in [0.2, 0.25) is 0 Å². The molecule has 2 heteroatoms. The number of hydrogen-bond donors (Lipinski definition) is 0. The van der Waals surface area contributed by atoms with E-state index < -0.39 is 0 Å². The lowest BCUT2D eigenvalue weighted by Crippen LogP contribution is -2.18. The van der Waals surface area contributed by atoms with Crippen LogP contribution in [-0.2, 0) is 11.2 Å². The van der Waals surface area contributed by atoms with Gasteiger partial charge >= 0.3 is 5.97 Å². The van der Waals surface area contributed by atoms with Crippen molar-refractivity contribution >= 4 is 5.97 Å². The molecule has 1 fully saturated rings. The Morgan fingerprint density at radius 2 is 2.00 bits per heavy atom. The van der Waals surface area contributed by atoms with Gasteiger partial charge in [-0.3, -0.25) is 4.79 Å². The van der Waals surface area contributed by atoms with Gasteiger partial charge in [-0.25, -0.2) is 0 Å². The lowest BCUT2D eigenvalue weighted by Gasteiger charge is -2.11. The largest absolute Gasteiger partial charge is 0.426 e. The van der Waals surface area contributed by atoms with E-state index in [1.807, 2.05) is 24.3 Å². The average Bonchev–Trinajstić information content (AvgIpc) is 2.83. The number of aryl methyl sites for hydroxylation is 1. The van der Waals surface area contributed by atoms with Crippen molar-refractivity contribution in [3.05, 3.63) is 29.8 Å². The molecule has 16 heavy (non-hydrogen) atoms. The van der Waals surface area contributed by atoms with Crippen molar-refractivity contribution in [1.29, 1.82) is 0 Å². The molecule has 0 unspecified atom stereocenters. The Bertz CT molecular complexity index is 365. The van der Waals surface area contributed by atoms with Gasteiger partial charge in [0.15, 0.2) is 0 Å². The van der Waals surface area contributed by atoms with Crippen molar-refractivity contribution in [2.24, 2.45) is 5.92 Å². The number of carbonyl (C=O) groups excluding carboxylic acids is 1. The normalized spacial score (nSPS) is 16.3. The van der Waals surface area contributed by atoms with E-state index >= 15 is 0 Å². The minimum absolute atomic E-state index is 0.0431. The first kappa shape index (κ1) is 11.2. The van der Waals surface area contributed by atoms with E-state index in [1.165, 1.54) is 0 Å². The van der Waals surface area contributed by atoms with Crippen LogP contribution in [0.1, 0.15) is 38.2 Å². The summed E-state index contributed by atoms with van der Waals surface area (Å²) in [5, 5.41) is 0. The molecule has 2 rings (SSSR count). The van der Waals surface area contributed by atoms with Crippen LogP contribution in [0.3, 0.4) is 0 Å².